The molecule has 0 bridgehead atoms. The second-order valence-corrected chi connectivity index (χ2v) is 10.0. The van der Waals surface area contributed by atoms with Crippen molar-refractivity contribution in [1.29, 1.82) is 0 Å². The van der Waals surface area contributed by atoms with Crippen molar-refractivity contribution in [3.63, 3.8) is 0 Å². The highest BCUT2D eigenvalue weighted by Gasteiger charge is 2.13. The lowest BCUT2D eigenvalue weighted by Crippen LogP contribution is -2.32. The topological polar surface area (TPSA) is 79.2 Å². The van der Waals surface area contributed by atoms with E-state index in [0.29, 0.717) is 19.5 Å². The molecule has 2 atom stereocenters. The Hall–Kier alpha value is -3.74. The van der Waals surface area contributed by atoms with Crippen molar-refractivity contribution in [2.24, 2.45) is 0 Å². The van der Waals surface area contributed by atoms with Crippen LogP contribution in [0, 0.1) is 13.8 Å². The molecule has 2 aromatic carbocycles. The number of aliphatic hydroxyl groups excluding tert-OH is 1. The number of hydrogen-bond donors (Lipinski definition) is 3. The standard InChI is InChI=1S/C32H38N4O2/c1-23(34-22-30(37)29-14-15-31(35-21-29)36-24(2)12-13-25(36)3)18-27-10-7-11-28(19-27)20-32(38)33-17-16-26-8-5-4-6-9-26/h4-15,19,21,23,30,34,37H,16-18,20,22H2,1-3H3,(H,33,38)/t23-,30+/m1/s1. The molecule has 0 fully saturated rings. The van der Waals surface area contributed by atoms with E-state index < -0.39 is 6.10 Å². The molecule has 0 saturated heterocycles. The maximum atomic E-state index is 12.4. The molecule has 198 valence electrons. The van der Waals surface area contributed by atoms with Crippen LogP contribution in [0.1, 0.15) is 46.7 Å². The molecule has 38 heavy (non-hydrogen) atoms. The van der Waals surface area contributed by atoms with Crippen molar-refractivity contribution in [2.75, 3.05) is 13.1 Å². The molecule has 0 spiro atoms. The maximum absolute atomic E-state index is 12.4. The zero-order valence-electron chi connectivity index (χ0n) is 22.5. The summed E-state index contributed by atoms with van der Waals surface area (Å²) >= 11 is 0. The third-order valence-electron chi connectivity index (χ3n) is 6.79. The molecule has 0 aliphatic rings. The normalized spacial score (nSPS) is 12.7. The quantitative estimate of drug-likeness (QED) is 0.259. The van der Waals surface area contributed by atoms with E-state index in [2.05, 4.69) is 77.4 Å². The van der Waals surface area contributed by atoms with Crippen LogP contribution in [-0.2, 0) is 24.1 Å². The molecular weight excluding hydrogens is 472 g/mol. The summed E-state index contributed by atoms with van der Waals surface area (Å²) in [6, 6.07) is 26.5. The summed E-state index contributed by atoms with van der Waals surface area (Å²) < 4.78 is 2.10. The van der Waals surface area contributed by atoms with Gasteiger partial charge in [-0.2, -0.15) is 0 Å². The smallest absolute Gasteiger partial charge is 0.224 e. The van der Waals surface area contributed by atoms with Gasteiger partial charge < -0.3 is 20.3 Å². The molecule has 0 aliphatic heterocycles. The molecule has 0 saturated carbocycles. The van der Waals surface area contributed by atoms with Gasteiger partial charge in [0.25, 0.3) is 0 Å². The lowest BCUT2D eigenvalue weighted by atomic mass is 10.0. The fourth-order valence-corrected chi connectivity index (χ4v) is 4.72. The summed E-state index contributed by atoms with van der Waals surface area (Å²) in [6.07, 6.45) is 3.11. The van der Waals surface area contributed by atoms with Crippen molar-refractivity contribution < 1.29 is 9.90 Å². The molecule has 2 heterocycles. The number of carbonyl (C=O) groups is 1. The monoisotopic (exact) mass is 510 g/mol. The number of carbonyl (C=O) groups excluding carboxylic acids is 1. The van der Waals surface area contributed by atoms with Crippen LogP contribution in [0.15, 0.2) is 85.1 Å². The largest absolute Gasteiger partial charge is 0.387 e. The Kier molecular flexibility index (Phi) is 9.46. The van der Waals surface area contributed by atoms with Gasteiger partial charge in [-0.05, 0) is 68.5 Å². The highest BCUT2D eigenvalue weighted by atomic mass is 16.3. The summed E-state index contributed by atoms with van der Waals surface area (Å²) in [5.74, 6) is 0.890. The van der Waals surface area contributed by atoms with E-state index in [4.69, 9.17) is 0 Å². The third-order valence-corrected chi connectivity index (χ3v) is 6.79. The predicted molar refractivity (Wildman–Crippen MR) is 152 cm³/mol. The Morgan fingerprint density at radius 2 is 1.63 bits per heavy atom. The number of nitrogens with one attached hydrogen (secondary N) is 2. The van der Waals surface area contributed by atoms with Gasteiger partial charge in [0.15, 0.2) is 0 Å². The molecule has 4 rings (SSSR count). The number of rotatable bonds is 12. The Morgan fingerprint density at radius 1 is 0.921 bits per heavy atom. The Bertz CT molecular complexity index is 1300. The minimum Gasteiger partial charge on any atom is -0.387 e. The first kappa shape index (κ1) is 27.3. The Balaban J connectivity index is 1.22. The molecule has 0 unspecified atom stereocenters. The molecule has 0 radical (unpaired) electrons. The van der Waals surface area contributed by atoms with Gasteiger partial charge in [0.05, 0.1) is 12.5 Å². The zero-order chi connectivity index (χ0) is 26.9. The van der Waals surface area contributed by atoms with E-state index in [1.807, 2.05) is 42.5 Å². The first-order valence-electron chi connectivity index (χ1n) is 13.3. The first-order valence-corrected chi connectivity index (χ1v) is 13.3. The molecule has 4 aromatic rings. The molecule has 3 N–H and O–H groups in total. The lowest BCUT2D eigenvalue weighted by Gasteiger charge is -2.18. The minimum absolute atomic E-state index is 0.0362. The molecule has 6 heteroatoms. The van der Waals surface area contributed by atoms with E-state index in [9.17, 15) is 9.90 Å². The zero-order valence-corrected chi connectivity index (χ0v) is 22.5. The Labute approximate surface area is 225 Å². The van der Waals surface area contributed by atoms with E-state index in [-0.39, 0.29) is 11.9 Å². The van der Waals surface area contributed by atoms with Crippen LogP contribution < -0.4 is 10.6 Å². The van der Waals surface area contributed by atoms with Gasteiger partial charge >= 0.3 is 0 Å². The van der Waals surface area contributed by atoms with E-state index in [1.165, 1.54) is 5.56 Å². The SMILES string of the molecule is Cc1ccc(C)n1-c1ccc([C@@H](O)CN[C@H](C)Cc2cccc(CC(=O)NCCc3ccccc3)c2)cn1. The summed E-state index contributed by atoms with van der Waals surface area (Å²) in [5, 5.41) is 17.1. The molecular formula is C32H38N4O2. The summed E-state index contributed by atoms with van der Waals surface area (Å²) in [4.78, 5) is 17.0. The van der Waals surface area contributed by atoms with Crippen molar-refractivity contribution in [2.45, 2.75) is 52.2 Å². The fraction of sp³-hybridized carbons (Fsp3) is 0.312. The summed E-state index contributed by atoms with van der Waals surface area (Å²) in [5.41, 5.74) is 6.44. The predicted octanol–water partition coefficient (Wildman–Crippen LogP) is 4.64. The second kappa shape index (κ2) is 13.2. The molecule has 1 amide bonds. The van der Waals surface area contributed by atoms with Crippen molar-refractivity contribution in [3.8, 4) is 5.82 Å². The van der Waals surface area contributed by atoms with E-state index in [1.54, 1.807) is 6.20 Å². The number of aliphatic hydroxyl groups is 1. The van der Waals surface area contributed by atoms with Crippen LogP contribution in [0.5, 0.6) is 0 Å². The number of amides is 1. The van der Waals surface area contributed by atoms with Crippen molar-refractivity contribution in [1.82, 2.24) is 20.2 Å². The minimum atomic E-state index is -0.642. The van der Waals surface area contributed by atoms with Crippen molar-refractivity contribution >= 4 is 5.91 Å². The maximum Gasteiger partial charge on any atom is 0.224 e. The summed E-state index contributed by atoms with van der Waals surface area (Å²) in [6.45, 7) is 7.29. The Morgan fingerprint density at radius 3 is 2.34 bits per heavy atom. The molecule has 6 nitrogen and oxygen atoms in total. The van der Waals surface area contributed by atoms with E-state index in [0.717, 1.165) is 46.7 Å². The van der Waals surface area contributed by atoms with E-state index >= 15 is 0 Å². The van der Waals surface area contributed by atoms with Gasteiger partial charge in [0.1, 0.15) is 5.82 Å². The van der Waals surface area contributed by atoms with Gasteiger partial charge in [-0.25, -0.2) is 4.98 Å². The number of hydrogen-bond acceptors (Lipinski definition) is 4. The van der Waals surface area contributed by atoms with Crippen molar-refractivity contribution in [3.05, 3.63) is 119 Å². The molecule has 2 aromatic heterocycles. The number of nitrogens with zero attached hydrogens (tertiary/aromatic N) is 2. The number of aryl methyl sites for hydroxylation is 2. The molecule has 0 aliphatic carbocycles. The summed E-state index contributed by atoms with van der Waals surface area (Å²) in [7, 11) is 0. The highest BCUT2D eigenvalue weighted by Crippen LogP contribution is 2.17. The second-order valence-electron chi connectivity index (χ2n) is 10.0. The van der Waals surface area contributed by atoms with Gasteiger partial charge in [0.2, 0.25) is 5.91 Å². The number of benzene rings is 2. The first-order chi connectivity index (χ1) is 18.4. The van der Waals surface area contributed by atoms with Gasteiger partial charge in [-0.3, -0.25) is 4.79 Å². The van der Waals surface area contributed by atoms with Gasteiger partial charge in [-0.15, -0.1) is 0 Å². The van der Waals surface area contributed by atoms with Gasteiger partial charge in [0, 0.05) is 42.3 Å². The number of pyridine rings is 1. The average molecular weight is 511 g/mol. The highest BCUT2D eigenvalue weighted by molar-refractivity contribution is 5.78. The average Bonchev–Trinajstić information content (AvgIpc) is 3.25. The lowest BCUT2D eigenvalue weighted by molar-refractivity contribution is -0.120. The third kappa shape index (κ3) is 7.63. The van der Waals surface area contributed by atoms with Crippen LogP contribution in [0.2, 0.25) is 0 Å². The van der Waals surface area contributed by atoms with Crippen LogP contribution >= 0.6 is 0 Å². The van der Waals surface area contributed by atoms with Gasteiger partial charge in [-0.1, -0.05) is 60.7 Å². The van der Waals surface area contributed by atoms with Crippen LogP contribution in [0.3, 0.4) is 0 Å². The van der Waals surface area contributed by atoms with Crippen LogP contribution in [-0.4, -0.2) is 39.7 Å². The van der Waals surface area contributed by atoms with Crippen LogP contribution in [0.25, 0.3) is 5.82 Å². The van der Waals surface area contributed by atoms with Crippen LogP contribution in [0.4, 0.5) is 0 Å². The number of aromatic nitrogens is 2. The fourth-order valence-electron chi connectivity index (χ4n) is 4.72.